The van der Waals surface area contributed by atoms with E-state index in [0.29, 0.717) is 24.5 Å². The van der Waals surface area contributed by atoms with Crippen LogP contribution in [0.15, 0.2) is 78.9 Å². The fourth-order valence-electron chi connectivity index (χ4n) is 4.38. The maximum Gasteiger partial charge on any atom is 0.261 e. The van der Waals surface area contributed by atoms with E-state index in [-0.39, 0.29) is 36.3 Å². The molecular formula is C33H42N2O4. The van der Waals surface area contributed by atoms with Gasteiger partial charge in [-0.05, 0) is 46.2 Å². The minimum Gasteiger partial charge on any atom is -0.497 e. The summed E-state index contributed by atoms with van der Waals surface area (Å²) in [6, 6.07) is 24.4. The quantitative estimate of drug-likeness (QED) is 0.322. The molecule has 0 aromatic heterocycles. The van der Waals surface area contributed by atoms with Crippen LogP contribution >= 0.6 is 0 Å². The van der Waals surface area contributed by atoms with Crippen molar-refractivity contribution in [3.63, 3.8) is 0 Å². The van der Waals surface area contributed by atoms with Gasteiger partial charge in [-0.25, -0.2) is 0 Å². The van der Waals surface area contributed by atoms with Gasteiger partial charge in [0.2, 0.25) is 5.91 Å². The fraction of sp³-hybridized carbons (Fsp3) is 0.394. The Morgan fingerprint density at radius 3 is 2.23 bits per heavy atom. The second-order valence-corrected chi connectivity index (χ2v) is 11.3. The first-order chi connectivity index (χ1) is 18.6. The maximum atomic E-state index is 13.9. The minimum atomic E-state index is -0.716. The van der Waals surface area contributed by atoms with Crippen molar-refractivity contribution in [2.75, 3.05) is 20.3 Å². The molecule has 0 spiro atoms. The maximum absolute atomic E-state index is 13.9. The summed E-state index contributed by atoms with van der Waals surface area (Å²) < 4.78 is 11.5. The summed E-state index contributed by atoms with van der Waals surface area (Å²) >= 11 is 0. The number of carbonyl (C=O) groups is 2. The van der Waals surface area contributed by atoms with Gasteiger partial charge in [0.15, 0.2) is 6.61 Å². The van der Waals surface area contributed by atoms with Gasteiger partial charge >= 0.3 is 0 Å². The summed E-state index contributed by atoms with van der Waals surface area (Å²) in [6.07, 6.45) is 0.388. The van der Waals surface area contributed by atoms with E-state index in [0.717, 1.165) is 16.7 Å². The molecule has 3 aromatic carbocycles. The van der Waals surface area contributed by atoms with Crippen LogP contribution in [0.5, 0.6) is 11.5 Å². The molecule has 0 radical (unpaired) electrons. The van der Waals surface area contributed by atoms with E-state index in [1.807, 2.05) is 92.7 Å². The summed E-state index contributed by atoms with van der Waals surface area (Å²) in [5.74, 6) is 1.20. The van der Waals surface area contributed by atoms with E-state index in [2.05, 4.69) is 26.1 Å². The van der Waals surface area contributed by atoms with Gasteiger partial charge in [0, 0.05) is 19.5 Å². The molecule has 0 unspecified atom stereocenters. The molecule has 0 fully saturated rings. The number of para-hydroxylation sites is 1. The zero-order valence-electron chi connectivity index (χ0n) is 24.1. The number of hydrogen-bond acceptors (Lipinski definition) is 4. The van der Waals surface area contributed by atoms with Crippen molar-refractivity contribution in [1.82, 2.24) is 10.2 Å². The monoisotopic (exact) mass is 530 g/mol. The molecule has 0 saturated heterocycles. The zero-order chi connectivity index (χ0) is 28.4. The summed E-state index contributed by atoms with van der Waals surface area (Å²) in [6.45, 7) is 11.0. The van der Waals surface area contributed by atoms with Crippen LogP contribution in [-0.2, 0) is 28.0 Å². The summed E-state index contributed by atoms with van der Waals surface area (Å²) in [4.78, 5) is 29.1. The lowest BCUT2D eigenvalue weighted by atomic mass is 9.86. The van der Waals surface area contributed by atoms with E-state index < -0.39 is 6.04 Å². The Morgan fingerprint density at radius 1 is 0.897 bits per heavy atom. The smallest absolute Gasteiger partial charge is 0.261 e. The molecule has 0 aliphatic heterocycles. The Morgan fingerprint density at radius 2 is 1.56 bits per heavy atom. The van der Waals surface area contributed by atoms with Gasteiger partial charge in [-0.15, -0.1) is 0 Å². The number of hydrogen-bond donors (Lipinski definition) is 1. The highest BCUT2D eigenvalue weighted by atomic mass is 16.5. The average Bonchev–Trinajstić information content (AvgIpc) is 2.92. The number of ether oxygens (including phenoxy) is 2. The predicted octanol–water partition coefficient (Wildman–Crippen LogP) is 5.78. The first kappa shape index (κ1) is 29.8. The van der Waals surface area contributed by atoms with Gasteiger partial charge in [-0.1, -0.05) is 95.3 Å². The summed E-state index contributed by atoms with van der Waals surface area (Å²) in [5.41, 5.74) is 2.72. The van der Waals surface area contributed by atoms with Crippen LogP contribution in [0.2, 0.25) is 0 Å². The number of rotatable bonds is 12. The predicted molar refractivity (Wildman–Crippen MR) is 156 cm³/mol. The standard InChI is InChI=1S/C33H42N2O4/c1-24(2)21-34-32(37)29(20-25-13-8-7-9-14-25)35(22-26-15-12-16-27(19-26)38-6)31(36)23-39-30-18-11-10-17-28(30)33(3,4)5/h7-19,24,29H,20-23H2,1-6H3,(H,34,37)/t29-/m1/s1. The normalized spacial score (nSPS) is 12.1. The van der Waals surface area contributed by atoms with E-state index >= 15 is 0 Å². The topological polar surface area (TPSA) is 67.9 Å². The van der Waals surface area contributed by atoms with Crippen molar-refractivity contribution >= 4 is 11.8 Å². The van der Waals surface area contributed by atoms with Crippen molar-refractivity contribution in [2.24, 2.45) is 5.92 Å². The number of benzene rings is 3. The highest BCUT2D eigenvalue weighted by Crippen LogP contribution is 2.31. The zero-order valence-corrected chi connectivity index (χ0v) is 24.1. The first-order valence-corrected chi connectivity index (χ1v) is 13.5. The highest BCUT2D eigenvalue weighted by Gasteiger charge is 2.31. The molecule has 1 N–H and O–H groups in total. The third-order valence-corrected chi connectivity index (χ3v) is 6.49. The van der Waals surface area contributed by atoms with Crippen LogP contribution in [0.3, 0.4) is 0 Å². The molecule has 6 nitrogen and oxygen atoms in total. The molecule has 0 aliphatic carbocycles. The Kier molecular flexibility index (Phi) is 10.6. The second-order valence-electron chi connectivity index (χ2n) is 11.3. The number of nitrogens with zero attached hydrogens (tertiary/aromatic N) is 1. The lowest BCUT2D eigenvalue weighted by Crippen LogP contribution is -2.52. The number of nitrogens with one attached hydrogen (secondary N) is 1. The summed E-state index contributed by atoms with van der Waals surface area (Å²) in [7, 11) is 1.61. The second kappa shape index (κ2) is 13.8. The van der Waals surface area contributed by atoms with Crippen molar-refractivity contribution in [2.45, 2.75) is 59.0 Å². The van der Waals surface area contributed by atoms with Crippen molar-refractivity contribution in [3.8, 4) is 11.5 Å². The van der Waals surface area contributed by atoms with Crippen LogP contribution in [0.1, 0.15) is 51.3 Å². The van der Waals surface area contributed by atoms with Crippen LogP contribution in [0.25, 0.3) is 0 Å². The lowest BCUT2D eigenvalue weighted by molar-refractivity contribution is -0.142. The van der Waals surface area contributed by atoms with Crippen LogP contribution in [0.4, 0.5) is 0 Å². The van der Waals surface area contributed by atoms with Crippen molar-refractivity contribution in [3.05, 3.63) is 95.6 Å². The van der Waals surface area contributed by atoms with E-state index in [4.69, 9.17) is 9.47 Å². The Labute approximate surface area is 233 Å². The molecule has 2 amide bonds. The van der Waals surface area contributed by atoms with E-state index in [1.54, 1.807) is 12.0 Å². The molecule has 3 rings (SSSR count). The molecular weight excluding hydrogens is 488 g/mol. The lowest BCUT2D eigenvalue weighted by Gasteiger charge is -2.32. The Bertz CT molecular complexity index is 1220. The molecule has 1 atom stereocenters. The van der Waals surface area contributed by atoms with Gasteiger partial charge in [0.1, 0.15) is 17.5 Å². The van der Waals surface area contributed by atoms with Gasteiger partial charge in [0.05, 0.1) is 7.11 Å². The Balaban J connectivity index is 1.95. The molecule has 6 heteroatoms. The minimum absolute atomic E-state index is 0.146. The fourth-order valence-corrected chi connectivity index (χ4v) is 4.38. The molecule has 0 bridgehead atoms. The van der Waals surface area contributed by atoms with Crippen molar-refractivity contribution < 1.29 is 19.1 Å². The van der Waals surface area contributed by atoms with Crippen LogP contribution in [-0.4, -0.2) is 43.0 Å². The van der Waals surface area contributed by atoms with E-state index in [1.165, 1.54) is 0 Å². The van der Waals surface area contributed by atoms with Gasteiger partial charge in [-0.3, -0.25) is 9.59 Å². The van der Waals surface area contributed by atoms with E-state index in [9.17, 15) is 9.59 Å². The average molecular weight is 531 g/mol. The van der Waals surface area contributed by atoms with Crippen LogP contribution < -0.4 is 14.8 Å². The highest BCUT2D eigenvalue weighted by molar-refractivity contribution is 5.88. The SMILES string of the molecule is COc1cccc(CN(C(=O)COc2ccccc2C(C)(C)C)[C@H](Cc2ccccc2)C(=O)NCC(C)C)c1. The summed E-state index contributed by atoms with van der Waals surface area (Å²) in [5, 5.41) is 3.05. The third-order valence-electron chi connectivity index (χ3n) is 6.49. The first-order valence-electron chi connectivity index (χ1n) is 13.5. The molecule has 39 heavy (non-hydrogen) atoms. The molecule has 3 aromatic rings. The Hall–Kier alpha value is -3.80. The van der Waals surface area contributed by atoms with Gasteiger partial charge < -0.3 is 19.7 Å². The number of carbonyl (C=O) groups excluding carboxylic acids is 2. The molecule has 0 heterocycles. The number of methoxy groups -OCH3 is 1. The molecule has 0 aliphatic rings. The number of amides is 2. The van der Waals surface area contributed by atoms with Gasteiger partial charge in [-0.2, -0.15) is 0 Å². The molecule has 0 saturated carbocycles. The molecule has 208 valence electrons. The third kappa shape index (κ3) is 8.88. The largest absolute Gasteiger partial charge is 0.497 e. The van der Waals surface area contributed by atoms with Gasteiger partial charge in [0.25, 0.3) is 5.91 Å². The van der Waals surface area contributed by atoms with Crippen LogP contribution in [0, 0.1) is 5.92 Å². The van der Waals surface area contributed by atoms with Crippen molar-refractivity contribution in [1.29, 1.82) is 0 Å².